The zero-order valence-electron chi connectivity index (χ0n) is 13.0. The molecule has 24 heavy (non-hydrogen) atoms. The number of esters is 1. The van der Waals surface area contributed by atoms with Crippen LogP contribution in [-0.4, -0.2) is 38.8 Å². The van der Waals surface area contributed by atoms with Crippen molar-refractivity contribution in [3.8, 4) is 11.4 Å². The normalized spacial score (nSPS) is 12.3. The lowest BCUT2D eigenvalue weighted by Crippen LogP contribution is -2.21. The maximum Gasteiger partial charge on any atom is 0.329 e. The minimum atomic E-state index is -0.637. The number of aromatic nitrogens is 3. The van der Waals surface area contributed by atoms with Crippen molar-refractivity contribution >= 4 is 28.7 Å². The van der Waals surface area contributed by atoms with Crippen LogP contribution in [0, 0.1) is 0 Å². The molecular formula is C17H16ClN3O3. The number of fused-ring (bicyclic) bond motifs is 1. The smallest absolute Gasteiger partial charge is 0.329 e. The van der Waals surface area contributed by atoms with Crippen LogP contribution in [0.5, 0.6) is 0 Å². The number of carbonyl (C=O) groups excluding carboxylic acids is 1. The number of aliphatic hydroxyl groups is 1. The Kier molecular flexibility index (Phi) is 4.78. The van der Waals surface area contributed by atoms with E-state index in [1.165, 1.54) is 0 Å². The zero-order valence-corrected chi connectivity index (χ0v) is 13.8. The number of imidazole rings is 1. The van der Waals surface area contributed by atoms with Crippen molar-refractivity contribution in [3.63, 3.8) is 0 Å². The van der Waals surface area contributed by atoms with Gasteiger partial charge in [-0.1, -0.05) is 11.6 Å². The Morgan fingerprint density at radius 2 is 2.08 bits per heavy atom. The molecule has 1 N–H and O–H groups in total. The van der Waals surface area contributed by atoms with Crippen LogP contribution in [0.1, 0.15) is 13.0 Å². The number of hydrogen-bond acceptors (Lipinski definition) is 5. The molecule has 0 bridgehead atoms. The van der Waals surface area contributed by atoms with Gasteiger partial charge in [-0.2, -0.15) is 0 Å². The van der Waals surface area contributed by atoms with Gasteiger partial charge in [0, 0.05) is 16.8 Å². The van der Waals surface area contributed by atoms with E-state index < -0.39 is 12.0 Å². The summed E-state index contributed by atoms with van der Waals surface area (Å²) in [4.78, 5) is 21.2. The molecule has 6 nitrogen and oxygen atoms in total. The van der Waals surface area contributed by atoms with Gasteiger partial charge in [0.15, 0.2) is 5.65 Å². The SMILES string of the molecule is C[C@@H](C(=O)OCCO)n1c(-c2ccc(Cl)cc2)nc2cccnc21. The third kappa shape index (κ3) is 3.11. The fraction of sp³-hybridized carbons (Fsp3) is 0.235. The number of nitrogens with zero attached hydrogens (tertiary/aromatic N) is 3. The van der Waals surface area contributed by atoms with Gasteiger partial charge in [-0.15, -0.1) is 0 Å². The molecule has 1 atom stereocenters. The Bertz CT molecular complexity index is 861. The summed E-state index contributed by atoms with van der Waals surface area (Å²) >= 11 is 5.95. The molecule has 0 saturated heterocycles. The number of benzene rings is 1. The Hall–Kier alpha value is -2.44. The van der Waals surface area contributed by atoms with E-state index in [0.717, 1.165) is 5.56 Å². The quantitative estimate of drug-likeness (QED) is 0.719. The average Bonchev–Trinajstić information content (AvgIpc) is 2.99. The largest absolute Gasteiger partial charge is 0.462 e. The molecule has 1 aromatic carbocycles. The molecule has 2 aromatic heterocycles. The van der Waals surface area contributed by atoms with Gasteiger partial charge in [0.1, 0.15) is 24.0 Å². The van der Waals surface area contributed by atoms with Crippen LogP contribution in [0.25, 0.3) is 22.6 Å². The van der Waals surface area contributed by atoms with Gasteiger partial charge in [-0.3, -0.25) is 4.57 Å². The van der Waals surface area contributed by atoms with Crippen LogP contribution in [0.2, 0.25) is 5.02 Å². The van der Waals surface area contributed by atoms with E-state index in [2.05, 4.69) is 9.97 Å². The molecule has 0 saturated carbocycles. The Morgan fingerprint density at radius 3 is 2.79 bits per heavy atom. The maximum atomic E-state index is 12.3. The second-order valence-electron chi connectivity index (χ2n) is 5.23. The van der Waals surface area contributed by atoms with Crippen LogP contribution in [0.4, 0.5) is 0 Å². The standard InChI is InChI=1S/C17H16ClN3O3/c1-11(17(23)24-10-9-22)21-15(12-4-6-13(18)7-5-12)20-14-3-2-8-19-16(14)21/h2-8,11,22H,9-10H2,1H3/t11-/m0/s1. The van der Waals surface area contributed by atoms with Crippen LogP contribution in [0.15, 0.2) is 42.6 Å². The number of rotatable bonds is 5. The van der Waals surface area contributed by atoms with Crippen molar-refractivity contribution < 1.29 is 14.6 Å². The fourth-order valence-corrected chi connectivity index (χ4v) is 2.60. The third-order valence-corrected chi connectivity index (χ3v) is 3.87. The lowest BCUT2D eigenvalue weighted by Gasteiger charge is -2.16. The molecular weight excluding hydrogens is 330 g/mol. The highest BCUT2D eigenvalue weighted by atomic mass is 35.5. The molecule has 0 radical (unpaired) electrons. The molecule has 7 heteroatoms. The molecule has 0 fully saturated rings. The summed E-state index contributed by atoms with van der Waals surface area (Å²) < 4.78 is 6.78. The number of halogens is 1. The van der Waals surface area contributed by atoms with E-state index in [0.29, 0.717) is 22.0 Å². The molecule has 0 unspecified atom stereocenters. The molecule has 0 amide bonds. The number of ether oxygens (including phenoxy) is 1. The van der Waals surface area contributed by atoms with Gasteiger partial charge >= 0.3 is 5.97 Å². The molecule has 0 spiro atoms. The first-order valence-corrected chi connectivity index (χ1v) is 7.86. The molecule has 3 rings (SSSR count). The summed E-state index contributed by atoms with van der Waals surface area (Å²) in [5, 5.41) is 9.46. The van der Waals surface area contributed by atoms with E-state index in [4.69, 9.17) is 21.4 Å². The predicted molar refractivity (Wildman–Crippen MR) is 90.7 cm³/mol. The van der Waals surface area contributed by atoms with E-state index >= 15 is 0 Å². The zero-order chi connectivity index (χ0) is 17.1. The summed E-state index contributed by atoms with van der Waals surface area (Å²) in [5.74, 6) is 0.151. The topological polar surface area (TPSA) is 77.2 Å². The van der Waals surface area contributed by atoms with Crippen LogP contribution < -0.4 is 0 Å². The van der Waals surface area contributed by atoms with Gasteiger partial charge in [0.2, 0.25) is 0 Å². The summed E-state index contributed by atoms with van der Waals surface area (Å²) in [5.41, 5.74) is 2.10. The van der Waals surface area contributed by atoms with Gasteiger partial charge in [0.25, 0.3) is 0 Å². The maximum absolute atomic E-state index is 12.3. The van der Waals surface area contributed by atoms with Gasteiger partial charge in [0.05, 0.1) is 6.61 Å². The second-order valence-corrected chi connectivity index (χ2v) is 5.66. The van der Waals surface area contributed by atoms with E-state index in [1.807, 2.05) is 18.2 Å². The van der Waals surface area contributed by atoms with Crippen LogP contribution >= 0.6 is 11.6 Å². The second kappa shape index (κ2) is 6.98. The van der Waals surface area contributed by atoms with Crippen LogP contribution in [-0.2, 0) is 9.53 Å². The Balaban J connectivity index is 2.11. The van der Waals surface area contributed by atoms with Crippen molar-refractivity contribution in [2.24, 2.45) is 0 Å². The fourth-order valence-electron chi connectivity index (χ4n) is 2.47. The molecule has 0 aliphatic rings. The molecule has 3 aromatic rings. The predicted octanol–water partition coefficient (Wildman–Crippen LogP) is 2.85. The summed E-state index contributed by atoms with van der Waals surface area (Å²) in [6, 6.07) is 10.2. The van der Waals surface area contributed by atoms with Crippen molar-refractivity contribution in [1.29, 1.82) is 0 Å². The van der Waals surface area contributed by atoms with E-state index in [9.17, 15) is 4.79 Å². The highest BCUT2D eigenvalue weighted by Crippen LogP contribution is 2.28. The minimum Gasteiger partial charge on any atom is -0.462 e. The molecule has 2 heterocycles. The van der Waals surface area contributed by atoms with Gasteiger partial charge in [-0.05, 0) is 43.3 Å². The van der Waals surface area contributed by atoms with Crippen molar-refractivity contribution in [1.82, 2.24) is 14.5 Å². The number of aliphatic hydroxyl groups excluding tert-OH is 1. The van der Waals surface area contributed by atoms with Crippen molar-refractivity contribution in [3.05, 3.63) is 47.6 Å². The summed E-state index contributed by atoms with van der Waals surface area (Å²) in [6.45, 7) is 1.46. The van der Waals surface area contributed by atoms with Crippen molar-refractivity contribution in [2.45, 2.75) is 13.0 Å². The molecule has 0 aliphatic carbocycles. The Labute approximate surface area is 143 Å². The van der Waals surface area contributed by atoms with E-state index in [1.54, 1.807) is 35.9 Å². The van der Waals surface area contributed by atoms with Gasteiger partial charge < -0.3 is 9.84 Å². The summed E-state index contributed by atoms with van der Waals surface area (Å²) in [6.07, 6.45) is 1.65. The van der Waals surface area contributed by atoms with Crippen molar-refractivity contribution in [2.75, 3.05) is 13.2 Å². The Morgan fingerprint density at radius 1 is 1.33 bits per heavy atom. The number of hydrogen-bond donors (Lipinski definition) is 1. The lowest BCUT2D eigenvalue weighted by atomic mass is 10.2. The first-order chi connectivity index (χ1) is 11.6. The summed E-state index contributed by atoms with van der Waals surface area (Å²) in [7, 11) is 0. The minimum absolute atomic E-state index is 0.0422. The van der Waals surface area contributed by atoms with Crippen LogP contribution in [0.3, 0.4) is 0 Å². The third-order valence-electron chi connectivity index (χ3n) is 3.62. The first kappa shape index (κ1) is 16.4. The first-order valence-electron chi connectivity index (χ1n) is 7.48. The number of carbonyl (C=O) groups is 1. The highest BCUT2D eigenvalue weighted by molar-refractivity contribution is 6.30. The highest BCUT2D eigenvalue weighted by Gasteiger charge is 2.24. The molecule has 124 valence electrons. The average molecular weight is 346 g/mol. The van der Waals surface area contributed by atoms with Gasteiger partial charge in [-0.25, -0.2) is 14.8 Å². The lowest BCUT2D eigenvalue weighted by molar-refractivity contribution is -0.147. The number of pyridine rings is 1. The monoisotopic (exact) mass is 345 g/mol. The van der Waals surface area contributed by atoms with E-state index in [-0.39, 0.29) is 13.2 Å². The molecule has 0 aliphatic heterocycles.